The summed E-state index contributed by atoms with van der Waals surface area (Å²) in [6, 6.07) is 0. The summed E-state index contributed by atoms with van der Waals surface area (Å²) in [4.78, 5) is 12.0. The van der Waals surface area contributed by atoms with Gasteiger partial charge in [0.2, 0.25) is 5.91 Å². The van der Waals surface area contributed by atoms with E-state index in [4.69, 9.17) is 0 Å². The first-order chi connectivity index (χ1) is 8.06. The van der Waals surface area contributed by atoms with Crippen LogP contribution in [0.2, 0.25) is 0 Å². The Hall–Kier alpha value is 0.0300. The molecule has 0 bridgehead atoms. The van der Waals surface area contributed by atoms with E-state index in [2.05, 4.69) is 31.4 Å². The molecule has 4 nitrogen and oxygen atoms in total. The molecule has 1 aliphatic heterocycles. The van der Waals surface area contributed by atoms with Crippen LogP contribution in [0.3, 0.4) is 0 Å². The predicted octanol–water partition coefficient (Wildman–Crippen LogP) is 0.882. The summed E-state index contributed by atoms with van der Waals surface area (Å²) in [5, 5.41) is 15.7. The van der Waals surface area contributed by atoms with Crippen molar-refractivity contribution in [3.8, 4) is 0 Å². The summed E-state index contributed by atoms with van der Waals surface area (Å²) in [5.41, 5.74) is 0. The number of rotatable bonds is 6. The molecule has 0 radical (unpaired) electrons. The number of halogens is 1. The second-order valence-electron chi connectivity index (χ2n) is 4.85. The van der Waals surface area contributed by atoms with Crippen LogP contribution in [0.1, 0.15) is 20.8 Å². The van der Waals surface area contributed by atoms with Crippen molar-refractivity contribution < 1.29 is 9.90 Å². The van der Waals surface area contributed by atoms with Gasteiger partial charge in [-0.1, -0.05) is 20.8 Å². The lowest BCUT2D eigenvalue weighted by Crippen LogP contribution is -2.40. The lowest BCUT2D eigenvalue weighted by molar-refractivity contribution is -0.121. The average Bonchev–Trinajstić information content (AvgIpc) is 2.68. The number of β-amino-alcohol motifs (C(OH)–C–C–N with tert-alkyl or cyclic N) is 1. The summed E-state index contributed by atoms with van der Waals surface area (Å²) in [7, 11) is 0. The molecule has 3 atom stereocenters. The van der Waals surface area contributed by atoms with Gasteiger partial charge in [-0.25, -0.2) is 0 Å². The van der Waals surface area contributed by atoms with Crippen molar-refractivity contribution in [2.45, 2.75) is 32.1 Å². The SMILES string of the molecule is CCSC(C(=O)NCC1CNCC1O)C(C)C.Cl. The van der Waals surface area contributed by atoms with Crippen LogP contribution >= 0.6 is 24.2 Å². The van der Waals surface area contributed by atoms with E-state index >= 15 is 0 Å². The number of carbonyl (C=O) groups excluding carboxylic acids is 1. The molecule has 1 aliphatic rings. The van der Waals surface area contributed by atoms with Crippen LogP contribution in [-0.2, 0) is 4.79 Å². The van der Waals surface area contributed by atoms with E-state index in [1.54, 1.807) is 11.8 Å². The Bertz CT molecular complexity index is 254. The molecule has 1 fully saturated rings. The minimum atomic E-state index is -0.327. The van der Waals surface area contributed by atoms with Gasteiger partial charge in [0.05, 0.1) is 11.4 Å². The molecule has 1 rings (SSSR count). The molecule has 6 heteroatoms. The largest absolute Gasteiger partial charge is 0.391 e. The van der Waals surface area contributed by atoms with Gasteiger partial charge in [-0.05, 0) is 11.7 Å². The van der Waals surface area contributed by atoms with Crippen molar-refractivity contribution in [2.75, 3.05) is 25.4 Å². The fourth-order valence-corrected chi connectivity index (χ4v) is 2.99. The lowest BCUT2D eigenvalue weighted by atomic mass is 10.1. The summed E-state index contributed by atoms with van der Waals surface area (Å²) in [5.74, 6) is 1.54. The zero-order chi connectivity index (χ0) is 12.8. The quantitative estimate of drug-likeness (QED) is 0.681. The number of hydrogen-bond donors (Lipinski definition) is 3. The second-order valence-corrected chi connectivity index (χ2v) is 6.27. The topological polar surface area (TPSA) is 61.4 Å². The molecule has 0 spiro atoms. The van der Waals surface area contributed by atoms with Gasteiger partial charge in [0.1, 0.15) is 0 Å². The Balaban J connectivity index is 0.00000289. The number of carbonyl (C=O) groups is 1. The van der Waals surface area contributed by atoms with Gasteiger partial charge in [0.25, 0.3) is 0 Å². The summed E-state index contributed by atoms with van der Waals surface area (Å²) >= 11 is 1.69. The smallest absolute Gasteiger partial charge is 0.233 e. The Morgan fingerprint density at radius 1 is 1.50 bits per heavy atom. The van der Waals surface area contributed by atoms with Crippen LogP contribution in [0.25, 0.3) is 0 Å². The minimum absolute atomic E-state index is 0. The number of aliphatic hydroxyl groups excluding tert-OH is 1. The van der Waals surface area contributed by atoms with Gasteiger partial charge < -0.3 is 15.7 Å². The first kappa shape index (κ1) is 18.0. The molecule has 1 saturated heterocycles. The van der Waals surface area contributed by atoms with Crippen LogP contribution in [0.15, 0.2) is 0 Å². The van der Waals surface area contributed by atoms with Crippen LogP contribution in [-0.4, -0.2) is 47.8 Å². The molecule has 18 heavy (non-hydrogen) atoms. The number of aliphatic hydroxyl groups is 1. The maximum absolute atomic E-state index is 12.0. The fourth-order valence-electron chi connectivity index (χ4n) is 2.01. The van der Waals surface area contributed by atoms with Gasteiger partial charge in [-0.2, -0.15) is 0 Å². The van der Waals surface area contributed by atoms with E-state index in [1.165, 1.54) is 0 Å². The Kier molecular flexibility index (Phi) is 9.03. The first-order valence-corrected chi connectivity index (χ1v) is 7.39. The third kappa shape index (κ3) is 5.34. The van der Waals surface area contributed by atoms with Crippen molar-refractivity contribution >= 4 is 30.1 Å². The molecule has 1 amide bonds. The van der Waals surface area contributed by atoms with Crippen molar-refractivity contribution in [3.05, 3.63) is 0 Å². The molecule has 3 unspecified atom stereocenters. The van der Waals surface area contributed by atoms with E-state index in [0.717, 1.165) is 12.3 Å². The van der Waals surface area contributed by atoms with Gasteiger partial charge in [-0.15, -0.1) is 24.2 Å². The first-order valence-electron chi connectivity index (χ1n) is 6.34. The molecule has 108 valence electrons. The number of thioether (sulfide) groups is 1. The molecule has 0 aliphatic carbocycles. The third-order valence-electron chi connectivity index (χ3n) is 3.05. The van der Waals surface area contributed by atoms with E-state index in [-0.39, 0.29) is 35.6 Å². The van der Waals surface area contributed by atoms with E-state index in [9.17, 15) is 9.90 Å². The number of hydrogen-bond acceptors (Lipinski definition) is 4. The normalized spacial score (nSPS) is 24.7. The van der Waals surface area contributed by atoms with Crippen molar-refractivity contribution in [1.29, 1.82) is 0 Å². The van der Waals surface area contributed by atoms with E-state index in [0.29, 0.717) is 19.0 Å². The average molecular weight is 297 g/mol. The van der Waals surface area contributed by atoms with Crippen LogP contribution < -0.4 is 10.6 Å². The Labute approximate surface area is 120 Å². The molecular formula is C12H25ClN2O2S. The predicted molar refractivity (Wildman–Crippen MR) is 79.4 cm³/mol. The Morgan fingerprint density at radius 2 is 2.17 bits per heavy atom. The van der Waals surface area contributed by atoms with E-state index < -0.39 is 0 Å². The highest BCUT2D eigenvalue weighted by molar-refractivity contribution is 8.00. The summed E-state index contributed by atoms with van der Waals surface area (Å²) in [6.45, 7) is 8.20. The minimum Gasteiger partial charge on any atom is -0.391 e. The highest BCUT2D eigenvalue weighted by atomic mass is 35.5. The standard InChI is InChI=1S/C12H24N2O2S.ClH/c1-4-17-11(8(2)3)12(16)14-6-9-5-13-7-10(9)15;/h8-11,13,15H,4-7H2,1-3H3,(H,14,16);1H. The molecular weight excluding hydrogens is 272 g/mol. The van der Waals surface area contributed by atoms with Crippen LogP contribution in [0, 0.1) is 11.8 Å². The molecule has 0 aromatic carbocycles. The zero-order valence-corrected chi connectivity index (χ0v) is 12.9. The molecule has 3 N–H and O–H groups in total. The number of amides is 1. The summed E-state index contributed by atoms with van der Waals surface area (Å²) in [6.07, 6.45) is -0.327. The van der Waals surface area contributed by atoms with Crippen molar-refractivity contribution in [1.82, 2.24) is 10.6 Å². The molecule has 0 aromatic rings. The highest BCUT2D eigenvalue weighted by Gasteiger charge is 2.27. The van der Waals surface area contributed by atoms with Crippen molar-refractivity contribution in [2.24, 2.45) is 11.8 Å². The van der Waals surface area contributed by atoms with Gasteiger partial charge in [0.15, 0.2) is 0 Å². The zero-order valence-electron chi connectivity index (χ0n) is 11.3. The fraction of sp³-hybridized carbons (Fsp3) is 0.917. The van der Waals surface area contributed by atoms with Crippen LogP contribution in [0.4, 0.5) is 0 Å². The monoisotopic (exact) mass is 296 g/mol. The van der Waals surface area contributed by atoms with Crippen molar-refractivity contribution in [3.63, 3.8) is 0 Å². The van der Waals surface area contributed by atoms with Gasteiger partial charge >= 0.3 is 0 Å². The Morgan fingerprint density at radius 3 is 2.61 bits per heavy atom. The van der Waals surface area contributed by atoms with E-state index in [1.807, 2.05) is 0 Å². The third-order valence-corrected chi connectivity index (χ3v) is 4.50. The highest BCUT2D eigenvalue weighted by Crippen LogP contribution is 2.19. The van der Waals surface area contributed by atoms with Gasteiger partial charge in [-0.3, -0.25) is 4.79 Å². The van der Waals surface area contributed by atoms with Crippen LogP contribution in [0.5, 0.6) is 0 Å². The molecule has 1 heterocycles. The molecule has 0 saturated carbocycles. The lowest BCUT2D eigenvalue weighted by Gasteiger charge is -2.21. The number of nitrogens with one attached hydrogen (secondary N) is 2. The molecule has 0 aromatic heterocycles. The summed E-state index contributed by atoms with van der Waals surface area (Å²) < 4.78 is 0. The maximum atomic E-state index is 12.0. The van der Waals surface area contributed by atoms with Gasteiger partial charge in [0, 0.05) is 25.6 Å². The maximum Gasteiger partial charge on any atom is 0.233 e. The second kappa shape index (κ2) is 9.02.